The van der Waals surface area contributed by atoms with Crippen molar-refractivity contribution >= 4 is 15.9 Å². The summed E-state index contributed by atoms with van der Waals surface area (Å²) in [6.45, 7) is 2.23. The SMILES string of the molecule is CCC1CCC(C(O)Cc2cc(Br)ccc2F)CC1. The quantitative estimate of drug-likeness (QED) is 0.848. The third kappa shape index (κ3) is 4.03. The van der Waals surface area contributed by atoms with E-state index in [1.807, 2.05) is 0 Å². The van der Waals surface area contributed by atoms with Crippen molar-refractivity contribution in [3.05, 3.63) is 34.1 Å². The van der Waals surface area contributed by atoms with Crippen molar-refractivity contribution in [1.29, 1.82) is 0 Å². The van der Waals surface area contributed by atoms with E-state index < -0.39 is 6.10 Å². The number of hydrogen-bond acceptors (Lipinski definition) is 1. The summed E-state index contributed by atoms with van der Waals surface area (Å²) in [7, 11) is 0. The van der Waals surface area contributed by atoms with Gasteiger partial charge in [-0.05, 0) is 48.4 Å². The Morgan fingerprint density at radius 1 is 1.32 bits per heavy atom. The van der Waals surface area contributed by atoms with Gasteiger partial charge >= 0.3 is 0 Å². The zero-order valence-electron chi connectivity index (χ0n) is 11.4. The van der Waals surface area contributed by atoms with Crippen LogP contribution >= 0.6 is 15.9 Å². The zero-order chi connectivity index (χ0) is 13.8. The Bertz CT molecular complexity index is 413. The van der Waals surface area contributed by atoms with Crippen LogP contribution in [0.1, 0.15) is 44.6 Å². The third-order valence-electron chi connectivity index (χ3n) is 4.45. The molecule has 3 heteroatoms. The van der Waals surface area contributed by atoms with Crippen molar-refractivity contribution in [3.8, 4) is 0 Å². The van der Waals surface area contributed by atoms with E-state index in [0.29, 0.717) is 17.9 Å². The topological polar surface area (TPSA) is 20.2 Å². The molecule has 1 fully saturated rings. The normalized spacial score (nSPS) is 25.3. The molecule has 0 radical (unpaired) electrons. The summed E-state index contributed by atoms with van der Waals surface area (Å²) in [6, 6.07) is 4.92. The molecule has 1 aromatic carbocycles. The highest BCUT2D eigenvalue weighted by Gasteiger charge is 2.26. The van der Waals surface area contributed by atoms with Gasteiger partial charge in [0.05, 0.1) is 6.10 Å². The molecule has 1 nitrogen and oxygen atoms in total. The second-order valence-electron chi connectivity index (χ2n) is 5.70. The molecular formula is C16H22BrFO. The Morgan fingerprint density at radius 2 is 2.00 bits per heavy atom. The summed E-state index contributed by atoms with van der Waals surface area (Å²) in [6.07, 6.45) is 5.82. The number of rotatable bonds is 4. The van der Waals surface area contributed by atoms with Crippen molar-refractivity contribution < 1.29 is 9.50 Å². The van der Waals surface area contributed by atoms with E-state index in [0.717, 1.165) is 23.2 Å². The highest BCUT2D eigenvalue weighted by atomic mass is 79.9. The van der Waals surface area contributed by atoms with Crippen molar-refractivity contribution in [1.82, 2.24) is 0 Å². The van der Waals surface area contributed by atoms with E-state index in [1.165, 1.54) is 25.3 Å². The van der Waals surface area contributed by atoms with Crippen LogP contribution in [-0.2, 0) is 6.42 Å². The Kier molecular flexibility index (Phi) is 5.40. The predicted octanol–water partition coefficient (Wildman–Crippen LogP) is 4.71. The summed E-state index contributed by atoms with van der Waals surface area (Å²) < 4.78 is 14.5. The van der Waals surface area contributed by atoms with Crippen LogP contribution in [0.15, 0.2) is 22.7 Å². The van der Waals surface area contributed by atoms with Crippen LogP contribution in [0.5, 0.6) is 0 Å². The van der Waals surface area contributed by atoms with E-state index in [2.05, 4.69) is 22.9 Å². The standard InChI is InChI=1S/C16H22BrFO/c1-2-11-3-5-12(6-4-11)16(19)10-13-9-14(17)7-8-15(13)18/h7-9,11-12,16,19H,2-6,10H2,1H3. The molecule has 0 aromatic heterocycles. The molecule has 1 saturated carbocycles. The molecule has 0 bridgehead atoms. The van der Waals surface area contributed by atoms with Gasteiger partial charge in [0.2, 0.25) is 0 Å². The van der Waals surface area contributed by atoms with E-state index in [-0.39, 0.29) is 5.82 Å². The summed E-state index contributed by atoms with van der Waals surface area (Å²) in [5.41, 5.74) is 0.611. The first-order valence-electron chi connectivity index (χ1n) is 7.22. The van der Waals surface area contributed by atoms with Crippen molar-refractivity contribution in [2.24, 2.45) is 11.8 Å². The molecule has 106 valence electrons. The molecule has 1 N–H and O–H groups in total. The van der Waals surface area contributed by atoms with Gasteiger partial charge in [0, 0.05) is 10.9 Å². The molecule has 0 aliphatic heterocycles. The van der Waals surface area contributed by atoms with Gasteiger partial charge in [-0.15, -0.1) is 0 Å². The molecule has 19 heavy (non-hydrogen) atoms. The average Bonchev–Trinajstić information content (AvgIpc) is 2.43. The van der Waals surface area contributed by atoms with Gasteiger partial charge in [-0.2, -0.15) is 0 Å². The maximum atomic E-state index is 13.7. The molecule has 0 amide bonds. The van der Waals surface area contributed by atoms with Gasteiger partial charge in [0.25, 0.3) is 0 Å². The molecule has 0 heterocycles. The summed E-state index contributed by atoms with van der Waals surface area (Å²) in [5, 5.41) is 10.3. The molecular weight excluding hydrogens is 307 g/mol. The fourth-order valence-electron chi connectivity index (χ4n) is 3.07. The summed E-state index contributed by atoms with van der Waals surface area (Å²) in [4.78, 5) is 0. The summed E-state index contributed by atoms with van der Waals surface area (Å²) >= 11 is 3.35. The second-order valence-corrected chi connectivity index (χ2v) is 6.61. The van der Waals surface area contributed by atoms with Gasteiger partial charge in [-0.1, -0.05) is 42.1 Å². The maximum Gasteiger partial charge on any atom is 0.126 e. The Balaban J connectivity index is 1.94. The molecule has 1 aliphatic rings. The van der Waals surface area contributed by atoms with E-state index >= 15 is 0 Å². The molecule has 2 rings (SSSR count). The first-order chi connectivity index (χ1) is 9.10. The highest BCUT2D eigenvalue weighted by Crippen LogP contribution is 2.33. The van der Waals surface area contributed by atoms with Gasteiger partial charge in [0.15, 0.2) is 0 Å². The lowest BCUT2D eigenvalue weighted by atomic mass is 9.77. The predicted molar refractivity (Wildman–Crippen MR) is 79.5 cm³/mol. The van der Waals surface area contributed by atoms with E-state index in [4.69, 9.17) is 0 Å². The molecule has 0 saturated heterocycles. The second kappa shape index (κ2) is 6.85. The number of halogens is 2. The van der Waals surface area contributed by atoms with Gasteiger partial charge in [0.1, 0.15) is 5.82 Å². The lowest BCUT2D eigenvalue weighted by molar-refractivity contribution is 0.0728. The number of aliphatic hydroxyl groups is 1. The average molecular weight is 329 g/mol. The minimum atomic E-state index is -0.415. The van der Waals surface area contributed by atoms with Crippen LogP contribution < -0.4 is 0 Å². The van der Waals surface area contributed by atoms with Gasteiger partial charge < -0.3 is 5.11 Å². The fourth-order valence-corrected chi connectivity index (χ4v) is 3.48. The van der Waals surface area contributed by atoms with E-state index in [1.54, 1.807) is 12.1 Å². The fraction of sp³-hybridized carbons (Fsp3) is 0.625. The zero-order valence-corrected chi connectivity index (χ0v) is 13.0. The smallest absolute Gasteiger partial charge is 0.126 e. The minimum Gasteiger partial charge on any atom is -0.392 e. The van der Waals surface area contributed by atoms with Crippen LogP contribution in [-0.4, -0.2) is 11.2 Å². The number of hydrogen-bond donors (Lipinski definition) is 1. The Morgan fingerprint density at radius 3 is 2.63 bits per heavy atom. The number of aliphatic hydroxyl groups excluding tert-OH is 1. The van der Waals surface area contributed by atoms with Crippen LogP contribution in [0, 0.1) is 17.7 Å². The van der Waals surface area contributed by atoms with Crippen molar-refractivity contribution in [2.45, 2.75) is 51.6 Å². The number of benzene rings is 1. The minimum absolute atomic E-state index is 0.218. The molecule has 1 aliphatic carbocycles. The van der Waals surface area contributed by atoms with Gasteiger partial charge in [-0.25, -0.2) is 4.39 Å². The molecule has 1 atom stereocenters. The van der Waals surface area contributed by atoms with E-state index in [9.17, 15) is 9.50 Å². The Hall–Kier alpha value is -0.410. The lowest BCUT2D eigenvalue weighted by Crippen LogP contribution is -2.27. The Labute approximate surface area is 123 Å². The monoisotopic (exact) mass is 328 g/mol. The molecule has 0 spiro atoms. The van der Waals surface area contributed by atoms with Crippen molar-refractivity contribution in [2.75, 3.05) is 0 Å². The lowest BCUT2D eigenvalue weighted by Gasteiger charge is -2.31. The molecule has 1 unspecified atom stereocenters. The third-order valence-corrected chi connectivity index (χ3v) is 4.94. The van der Waals surface area contributed by atoms with Crippen LogP contribution in [0.4, 0.5) is 4.39 Å². The maximum absolute atomic E-state index is 13.7. The van der Waals surface area contributed by atoms with Crippen LogP contribution in [0.3, 0.4) is 0 Å². The molecule has 1 aromatic rings. The first kappa shape index (κ1) is 15.0. The van der Waals surface area contributed by atoms with Gasteiger partial charge in [-0.3, -0.25) is 0 Å². The van der Waals surface area contributed by atoms with Crippen molar-refractivity contribution in [3.63, 3.8) is 0 Å². The first-order valence-corrected chi connectivity index (χ1v) is 8.01. The summed E-state index contributed by atoms with van der Waals surface area (Å²) in [5.74, 6) is 0.941. The van der Waals surface area contributed by atoms with Crippen LogP contribution in [0.2, 0.25) is 0 Å². The van der Waals surface area contributed by atoms with Crippen LogP contribution in [0.25, 0.3) is 0 Å². The highest BCUT2D eigenvalue weighted by molar-refractivity contribution is 9.10. The largest absolute Gasteiger partial charge is 0.392 e.